The van der Waals surface area contributed by atoms with Gasteiger partial charge in [-0.25, -0.2) is 4.98 Å². The predicted molar refractivity (Wildman–Crippen MR) is 77.5 cm³/mol. The maximum absolute atomic E-state index is 5.41. The highest BCUT2D eigenvalue weighted by molar-refractivity contribution is 7.71. The van der Waals surface area contributed by atoms with Crippen LogP contribution >= 0.6 is 12.2 Å². The lowest BCUT2D eigenvalue weighted by Gasteiger charge is -2.09. The molecule has 2 aromatic rings. The Kier molecular flexibility index (Phi) is 3.71. The van der Waals surface area contributed by atoms with Crippen molar-refractivity contribution in [3.8, 4) is 11.3 Å². The van der Waals surface area contributed by atoms with Crippen LogP contribution in [0.15, 0.2) is 36.4 Å². The van der Waals surface area contributed by atoms with Gasteiger partial charge < -0.3 is 9.72 Å². The first-order chi connectivity index (χ1) is 9.31. The molecule has 0 aliphatic carbocycles. The number of benzene rings is 1. The molecule has 0 bridgehead atoms. The minimum Gasteiger partial charge on any atom is -0.381 e. The second kappa shape index (κ2) is 5.63. The van der Waals surface area contributed by atoms with Crippen LogP contribution in [0, 0.1) is 10.6 Å². The minimum atomic E-state index is 0.559. The first-order valence-corrected chi connectivity index (χ1v) is 6.95. The third kappa shape index (κ3) is 3.08. The molecule has 1 saturated heterocycles. The standard InChI is InChI=1S/C15H16N2OS/c19-15-9-13(12-4-2-1-3-5-12)16-14(17-15)8-11-6-7-18-10-11/h1-5,9,11H,6-8,10H2,(H,16,17,19). The first-order valence-electron chi connectivity index (χ1n) is 6.55. The summed E-state index contributed by atoms with van der Waals surface area (Å²) in [6.45, 7) is 1.70. The van der Waals surface area contributed by atoms with Crippen LogP contribution in [0.2, 0.25) is 0 Å². The summed E-state index contributed by atoms with van der Waals surface area (Å²) < 4.78 is 6.05. The number of hydrogen-bond acceptors (Lipinski definition) is 3. The predicted octanol–water partition coefficient (Wildman–Crippen LogP) is 3.39. The largest absolute Gasteiger partial charge is 0.381 e. The molecular formula is C15H16N2OS. The number of aromatic nitrogens is 2. The van der Waals surface area contributed by atoms with Gasteiger partial charge in [0.2, 0.25) is 0 Å². The molecule has 1 aromatic heterocycles. The Bertz CT molecular complexity index is 603. The lowest BCUT2D eigenvalue weighted by molar-refractivity contribution is 0.185. The van der Waals surface area contributed by atoms with E-state index >= 15 is 0 Å². The minimum absolute atomic E-state index is 0.559. The van der Waals surface area contributed by atoms with Crippen molar-refractivity contribution >= 4 is 12.2 Å². The Morgan fingerprint density at radius 3 is 2.89 bits per heavy atom. The maximum atomic E-state index is 5.41. The van der Waals surface area contributed by atoms with E-state index in [1.165, 1.54) is 0 Å². The molecule has 1 aliphatic rings. The normalized spacial score (nSPS) is 18.6. The zero-order valence-corrected chi connectivity index (χ0v) is 11.5. The monoisotopic (exact) mass is 272 g/mol. The zero-order chi connectivity index (χ0) is 13.1. The molecule has 3 rings (SSSR count). The van der Waals surface area contributed by atoms with Crippen molar-refractivity contribution in [1.29, 1.82) is 0 Å². The molecule has 4 heteroatoms. The first kappa shape index (κ1) is 12.5. The number of ether oxygens (including phenoxy) is 1. The Morgan fingerprint density at radius 2 is 2.16 bits per heavy atom. The molecule has 1 aliphatic heterocycles. The fourth-order valence-corrected chi connectivity index (χ4v) is 2.62. The second-order valence-electron chi connectivity index (χ2n) is 4.88. The highest BCUT2D eigenvalue weighted by atomic mass is 32.1. The van der Waals surface area contributed by atoms with E-state index in [-0.39, 0.29) is 0 Å². The van der Waals surface area contributed by atoms with E-state index in [2.05, 4.69) is 22.1 Å². The Hall–Kier alpha value is -1.52. The van der Waals surface area contributed by atoms with Crippen molar-refractivity contribution in [3.63, 3.8) is 0 Å². The number of H-pyrrole nitrogens is 1. The van der Waals surface area contributed by atoms with Gasteiger partial charge in [-0.1, -0.05) is 42.5 Å². The Morgan fingerprint density at radius 1 is 1.32 bits per heavy atom. The Balaban J connectivity index is 1.89. The van der Waals surface area contributed by atoms with Crippen LogP contribution in [0.25, 0.3) is 11.3 Å². The SMILES string of the molecule is S=c1cc(-c2ccccc2)[nH]c(CC2CCOC2)n1. The van der Waals surface area contributed by atoms with Gasteiger partial charge in [0.1, 0.15) is 10.5 Å². The van der Waals surface area contributed by atoms with Gasteiger partial charge in [-0.15, -0.1) is 0 Å². The van der Waals surface area contributed by atoms with Gasteiger partial charge in [0, 0.05) is 25.3 Å². The van der Waals surface area contributed by atoms with Crippen molar-refractivity contribution < 1.29 is 4.74 Å². The summed E-state index contributed by atoms with van der Waals surface area (Å²) in [6.07, 6.45) is 2.02. The van der Waals surface area contributed by atoms with E-state index in [0.29, 0.717) is 10.6 Å². The van der Waals surface area contributed by atoms with E-state index < -0.39 is 0 Å². The third-order valence-electron chi connectivity index (χ3n) is 3.38. The third-order valence-corrected chi connectivity index (χ3v) is 3.59. The Labute approximate surface area is 117 Å². The summed E-state index contributed by atoms with van der Waals surface area (Å²) in [5.74, 6) is 1.52. The van der Waals surface area contributed by atoms with Crippen LogP contribution in [-0.4, -0.2) is 23.2 Å². The van der Waals surface area contributed by atoms with Crippen LogP contribution < -0.4 is 0 Å². The van der Waals surface area contributed by atoms with Crippen LogP contribution in [-0.2, 0) is 11.2 Å². The molecular weight excluding hydrogens is 256 g/mol. The summed E-state index contributed by atoms with van der Waals surface area (Å²) in [4.78, 5) is 7.82. The van der Waals surface area contributed by atoms with Gasteiger partial charge in [0.05, 0.1) is 0 Å². The number of hydrogen-bond donors (Lipinski definition) is 1. The zero-order valence-electron chi connectivity index (χ0n) is 10.6. The molecule has 0 amide bonds. The van der Waals surface area contributed by atoms with E-state index in [9.17, 15) is 0 Å². The highest BCUT2D eigenvalue weighted by Gasteiger charge is 2.17. The summed E-state index contributed by atoms with van der Waals surface area (Å²) in [6, 6.07) is 12.1. The highest BCUT2D eigenvalue weighted by Crippen LogP contribution is 2.20. The smallest absolute Gasteiger partial charge is 0.130 e. The molecule has 0 saturated carbocycles. The van der Waals surface area contributed by atoms with E-state index in [1.807, 2.05) is 24.3 Å². The maximum Gasteiger partial charge on any atom is 0.130 e. The molecule has 19 heavy (non-hydrogen) atoms. The summed E-state index contributed by atoms with van der Waals surface area (Å²) >= 11 is 5.27. The molecule has 1 fully saturated rings. The quantitative estimate of drug-likeness (QED) is 0.870. The summed E-state index contributed by atoms with van der Waals surface area (Å²) in [5.41, 5.74) is 2.18. The molecule has 1 atom stereocenters. The average Bonchev–Trinajstić information content (AvgIpc) is 2.92. The van der Waals surface area contributed by atoms with E-state index in [4.69, 9.17) is 17.0 Å². The molecule has 3 nitrogen and oxygen atoms in total. The molecule has 1 unspecified atom stereocenters. The van der Waals surface area contributed by atoms with Gasteiger partial charge in [0.25, 0.3) is 0 Å². The number of nitrogens with one attached hydrogen (secondary N) is 1. The molecule has 0 radical (unpaired) electrons. The number of aromatic amines is 1. The van der Waals surface area contributed by atoms with Crippen LogP contribution in [0.4, 0.5) is 0 Å². The van der Waals surface area contributed by atoms with Crippen molar-refractivity contribution in [2.24, 2.45) is 5.92 Å². The van der Waals surface area contributed by atoms with Gasteiger partial charge in [0.15, 0.2) is 0 Å². The molecule has 1 N–H and O–H groups in total. The molecule has 98 valence electrons. The van der Waals surface area contributed by atoms with Crippen molar-refractivity contribution in [2.75, 3.05) is 13.2 Å². The average molecular weight is 272 g/mol. The van der Waals surface area contributed by atoms with Crippen molar-refractivity contribution in [3.05, 3.63) is 46.9 Å². The fraction of sp³-hybridized carbons (Fsp3) is 0.333. The lowest BCUT2D eigenvalue weighted by atomic mass is 10.0. The topological polar surface area (TPSA) is 37.9 Å². The number of nitrogens with zero attached hydrogens (tertiary/aromatic N) is 1. The summed E-state index contributed by atoms with van der Waals surface area (Å²) in [7, 11) is 0. The molecule has 1 aromatic carbocycles. The van der Waals surface area contributed by atoms with Crippen LogP contribution in [0.1, 0.15) is 12.2 Å². The fourth-order valence-electron chi connectivity index (χ4n) is 2.40. The number of rotatable bonds is 3. The van der Waals surface area contributed by atoms with Gasteiger partial charge in [-0.05, 0) is 24.0 Å². The van der Waals surface area contributed by atoms with Gasteiger partial charge >= 0.3 is 0 Å². The van der Waals surface area contributed by atoms with Gasteiger partial charge in [-0.2, -0.15) is 0 Å². The van der Waals surface area contributed by atoms with Crippen molar-refractivity contribution in [1.82, 2.24) is 9.97 Å². The summed E-state index contributed by atoms with van der Waals surface area (Å²) in [5, 5.41) is 0. The van der Waals surface area contributed by atoms with Gasteiger partial charge in [-0.3, -0.25) is 0 Å². The van der Waals surface area contributed by atoms with Crippen molar-refractivity contribution in [2.45, 2.75) is 12.8 Å². The molecule has 2 heterocycles. The second-order valence-corrected chi connectivity index (χ2v) is 5.30. The van der Waals surface area contributed by atoms with Crippen LogP contribution in [0.3, 0.4) is 0 Å². The van der Waals surface area contributed by atoms with E-state index in [0.717, 1.165) is 43.1 Å². The van der Waals surface area contributed by atoms with E-state index in [1.54, 1.807) is 0 Å². The lowest BCUT2D eigenvalue weighted by Crippen LogP contribution is -2.07. The van der Waals surface area contributed by atoms with Crippen LogP contribution in [0.5, 0.6) is 0 Å². The molecule has 0 spiro atoms.